The third-order valence-corrected chi connectivity index (χ3v) is 4.69. The first-order valence-electron chi connectivity index (χ1n) is 5.91. The molecule has 0 aliphatic rings. The largest absolute Gasteiger partial charge is 0.468 e. The SMILES string of the molecule is CC(CN)N(C)S(=O)(=O)c1ccc(OCC(F)(F)F)nc1. The number of likely N-dealkylation sites (N-methyl/N-ethyl adjacent to an activating group) is 1. The Labute approximate surface area is 120 Å². The van der Waals surface area contributed by atoms with Gasteiger partial charge in [0.25, 0.3) is 0 Å². The van der Waals surface area contributed by atoms with Crippen LogP contribution in [-0.2, 0) is 10.0 Å². The quantitative estimate of drug-likeness (QED) is 0.842. The Hall–Kier alpha value is -1.39. The molecule has 6 nitrogen and oxygen atoms in total. The first-order chi connectivity index (χ1) is 9.58. The van der Waals surface area contributed by atoms with E-state index < -0.39 is 28.8 Å². The number of alkyl halides is 3. The highest BCUT2D eigenvalue weighted by molar-refractivity contribution is 7.89. The molecule has 0 radical (unpaired) electrons. The van der Waals surface area contributed by atoms with Gasteiger partial charge in [-0.15, -0.1) is 0 Å². The number of rotatable bonds is 6. The fraction of sp³-hybridized carbons (Fsp3) is 0.545. The Morgan fingerprint density at radius 1 is 1.43 bits per heavy atom. The van der Waals surface area contributed by atoms with Crippen LogP contribution >= 0.6 is 0 Å². The lowest BCUT2D eigenvalue weighted by molar-refractivity contribution is -0.154. The van der Waals surface area contributed by atoms with Gasteiger partial charge in [-0.1, -0.05) is 0 Å². The third kappa shape index (κ3) is 4.83. The first kappa shape index (κ1) is 17.7. The van der Waals surface area contributed by atoms with E-state index in [0.717, 1.165) is 22.6 Å². The van der Waals surface area contributed by atoms with Gasteiger partial charge in [-0.25, -0.2) is 13.4 Å². The maximum atomic E-state index is 12.2. The summed E-state index contributed by atoms with van der Waals surface area (Å²) >= 11 is 0. The molecule has 1 aromatic rings. The number of ether oxygens (including phenoxy) is 1. The zero-order valence-electron chi connectivity index (χ0n) is 11.5. The molecular weight excluding hydrogens is 311 g/mol. The predicted octanol–water partition coefficient (Wildman–Crippen LogP) is 0.990. The van der Waals surface area contributed by atoms with Gasteiger partial charge in [0.05, 0.1) is 6.20 Å². The molecule has 0 amide bonds. The summed E-state index contributed by atoms with van der Waals surface area (Å²) in [5, 5.41) is 0. The summed E-state index contributed by atoms with van der Waals surface area (Å²) in [6.07, 6.45) is -3.54. The molecule has 21 heavy (non-hydrogen) atoms. The van der Waals surface area contributed by atoms with Gasteiger partial charge in [0.2, 0.25) is 15.9 Å². The summed E-state index contributed by atoms with van der Waals surface area (Å²) in [5.74, 6) is -0.305. The molecule has 0 saturated heterocycles. The fourth-order valence-electron chi connectivity index (χ4n) is 1.31. The predicted molar refractivity (Wildman–Crippen MR) is 69.3 cm³/mol. The number of sulfonamides is 1. The van der Waals surface area contributed by atoms with Crippen LogP contribution in [0.25, 0.3) is 0 Å². The van der Waals surface area contributed by atoms with E-state index in [4.69, 9.17) is 5.73 Å². The molecule has 0 aromatic carbocycles. The highest BCUT2D eigenvalue weighted by Crippen LogP contribution is 2.20. The average Bonchev–Trinajstić information content (AvgIpc) is 2.43. The zero-order valence-corrected chi connectivity index (χ0v) is 12.3. The van der Waals surface area contributed by atoms with E-state index in [2.05, 4.69) is 9.72 Å². The van der Waals surface area contributed by atoms with E-state index in [9.17, 15) is 21.6 Å². The summed E-state index contributed by atoms with van der Waals surface area (Å²) in [6, 6.07) is 1.78. The standard InChI is InChI=1S/C11H16F3N3O3S/c1-8(5-15)17(2)21(18,19)9-3-4-10(16-6-9)20-7-11(12,13)14/h3-4,6,8H,5,7,15H2,1-2H3. The smallest absolute Gasteiger partial charge is 0.422 e. The Morgan fingerprint density at radius 2 is 2.05 bits per heavy atom. The van der Waals surface area contributed by atoms with E-state index in [1.165, 1.54) is 7.05 Å². The van der Waals surface area contributed by atoms with Crippen LogP contribution in [0.2, 0.25) is 0 Å². The highest BCUT2D eigenvalue weighted by Gasteiger charge is 2.29. The summed E-state index contributed by atoms with van der Waals surface area (Å²) in [7, 11) is -2.44. The molecule has 1 heterocycles. The van der Waals surface area contributed by atoms with Crippen molar-refractivity contribution in [3.05, 3.63) is 18.3 Å². The number of nitrogens with two attached hydrogens (primary N) is 1. The Bertz CT molecular complexity index is 560. The van der Waals surface area contributed by atoms with Crippen molar-refractivity contribution in [2.75, 3.05) is 20.2 Å². The lowest BCUT2D eigenvalue weighted by Crippen LogP contribution is -2.39. The monoisotopic (exact) mass is 327 g/mol. The molecule has 0 fully saturated rings. The molecular formula is C11H16F3N3O3S. The van der Waals surface area contributed by atoms with E-state index in [0.29, 0.717) is 0 Å². The molecule has 120 valence electrons. The van der Waals surface area contributed by atoms with Gasteiger partial charge in [-0.3, -0.25) is 0 Å². The van der Waals surface area contributed by atoms with E-state index in [-0.39, 0.29) is 17.3 Å². The van der Waals surface area contributed by atoms with Crippen LogP contribution in [0.1, 0.15) is 6.92 Å². The van der Waals surface area contributed by atoms with Crippen LogP contribution in [0.3, 0.4) is 0 Å². The number of nitrogens with zero attached hydrogens (tertiary/aromatic N) is 2. The number of hydrogen-bond acceptors (Lipinski definition) is 5. The van der Waals surface area contributed by atoms with Gasteiger partial charge in [0, 0.05) is 25.7 Å². The second-order valence-corrected chi connectivity index (χ2v) is 6.34. The van der Waals surface area contributed by atoms with Crippen molar-refractivity contribution < 1.29 is 26.3 Å². The maximum absolute atomic E-state index is 12.2. The third-order valence-electron chi connectivity index (χ3n) is 2.73. The second kappa shape index (κ2) is 6.58. The van der Waals surface area contributed by atoms with Crippen molar-refractivity contribution in [1.82, 2.24) is 9.29 Å². The first-order valence-corrected chi connectivity index (χ1v) is 7.35. The Morgan fingerprint density at radius 3 is 2.48 bits per heavy atom. The van der Waals surface area contributed by atoms with E-state index in [1.54, 1.807) is 6.92 Å². The summed E-state index contributed by atoms with van der Waals surface area (Å²) in [5.41, 5.74) is 5.40. The van der Waals surface area contributed by atoms with Crippen molar-refractivity contribution in [2.45, 2.75) is 24.0 Å². The van der Waals surface area contributed by atoms with Crippen LogP contribution in [-0.4, -0.2) is 50.1 Å². The number of aromatic nitrogens is 1. The van der Waals surface area contributed by atoms with Crippen LogP contribution in [0, 0.1) is 0 Å². The van der Waals surface area contributed by atoms with Gasteiger partial charge in [-0.2, -0.15) is 17.5 Å². The number of hydrogen-bond donors (Lipinski definition) is 1. The van der Waals surface area contributed by atoms with Crippen LogP contribution in [0.5, 0.6) is 5.88 Å². The van der Waals surface area contributed by atoms with Gasteiger partial charge in [0.1, 0.15) is 4.90 Å². The fourth-order valence-corrected chi connectivity index (χ4v) is 2.63. The Kier molecular flexibility index (Phi) is 5.54. The van der Waals surface area contributed by atoms with Crippen LogP contribution in [0.4, 0.5) is 13.2 Å². The minimum atomic E-state index is -4.48. The molecule has 1 rings (SSSR count). The molecule has 1 aromatic heterocycles. The van der Waals surface area contributed by atoms with Crippen molar-refractivity contribution in [3.8, 4) is 5.88 Å². The van der Waals surface area contributed by atoms with Gasteiger partial charge < -0.3 is 10.5 Å². The molecule has 0 aliphatic heterocycles. The van der Waals surface area contributed by atoms with Crippen molar-refractivity contribution >= 4 is 10.0 Å². The zero-order chi connectivity index (χ0) is 16.3. The number of pyridine rings is 1. The summed E-state index contributed by atoms with van der Waals surface area (Å²) < 4.78 is 65.7. The molecule has 10 heteroatoms. The van der Waals surface area contributed by atoms with Crippen molar-refractivity contribution in [3.63, 3.8) is 0 Å². The van der Waals surface area contributed by atoms with Gasteiger partial charge in [-0.05, 0) is 13.0 Å². The van der Waals surface area contributed by atoms with E-state index in [1.807, 2.05) is 0 Å². The number of halogens is 3. The topological polar surface area (TPSA) is 85.5 Å². The van der Waals surface area contributed by atoms with Gasteiger partial charge >= 0.3 is 6.18 Å². The minimum Gasteiger partial charge on any atom is -0.468 e. The van der Waals surface area contributed by atoms with E-state index >= 15 is 0 Å². The van der Waals surface area contributed by atoms with Crippen molar-refractivity contribution in [2.24, 2.45) is 5.73 Å². The lowest BCUT2D eigenvalue weighted by atomic mass is 10.4. The molecule has 0 bridgehead atoms. The van der Waals surface area contributed by atoms with Crippen LogP contribution in [0.15, 0.2) is 23.2 Å². The van der Waals surface area contributed by atoms with Crippen LogP contribution < -0.4 is 10.5 Å². The molecule has 1 unspecified atom stereocenters. The average molecular weight is 327 g/mol. The molecule has 0 spiro atoms. The van der Waals surface area contributed by atoms with Crippen molar-refractivity contribution in [1.29, 1.82) is 0 Å². The summed E-state index contributed by atoms with van der Waals surface area (Å²) in [4.78, 5) is 3.41. The summed E-state index contributed by atoms with van der Waals surface area (Å²) in [6.45, 7) is 0.276. The molecule has 2 N–H and O–H groups in total. The minimum absolute atomic E-state index is 0.135. The second-order valence-electron chi connectivity index (χ2n) is 4.34. The van der Waals surface area contributed by atoms with Gasteiger partial charge in [0.15, 0.2) is 6.61 Å². The molecule has 1 atom stereocenters. The lowest BCUT2D eigenvalue weighted by Gasteiger charge is -2.22. The molecule has 0 saturated carbocycles. The normalized spacial score (nSPS) is 14.2. The Balaban J connectivity index is 2.87. The maximum Gasteiger partial charge on any atom is 0.422 e. The molecule has 0 aliphatic carbocycles. The highest BCUT2D eigenvalue weighted by atomic mass is 32.2.